The Morgan fingerprint density at radius 2 is 1.88 bits per heavy atom. The second kappa shape index (κ2) is 4.16. The van der Waals surface area contributed by atoms with Gasteiger partial charge in [-0.15, -0.1) is 0 Å². The molecule has 0 aliphatic carbocycles. The number of benzene rings is 1. The topological polar surface area (TPSA) is 46.5 Å². The monoisotopic (exact) mass is 222 g/mol. The minimum atomic E-state index is -0.953. The van der Waals surface area contributed by atoms with Gasteiger partial charge in [-0.2, -0.15) is 0 Å². The summed E-state index contributed by atoms with van der Waals surface area (Å²) in [7, 11) is 1.49. The van der Waals surface area contributed by atoms with Crippen LogP contribution in [-0.2, 0) is 5.41 Å². The molecule has 1 aromatic rings. The molecule has 0 radical (unpaired) electrons. The molecule has 0 atom stereocenters. The van der Waals surface area contributed by atoms with Gasteiger partial charge in [-0.25, -0.2) is 4.79 Å². The molecule has 3 nitrogen and oxygen atoms in total. The number of carboxylic acid groups (broad SMARTS) is 1. The van der Waals surface area contributed by atoms with Crippen molar-refractivity contribution in [1.29, 1.82) is 0 Å². The number of carbonyl (C=O) groups is 1. The summed E-state index contributed by atoms with van der Waals surface area (Å²) >= 11 is 0. The van der Waals surface area contributed by atoms with Gasteiger partial charge in [-0.3, -0.25) is 0 Å². The highest BCUT2D eigenvalue weighted by molar-refractivity contribution is 5.91. The summed E-state index contributed by atoms with van der Waals surface area (Å²) < 4.78 is 5.12. The molecular weight excluding hydrogens is 204 g/mol. The maximum absolute atomic E-state index is 11.1. The Bertz CT molecular complexity index is 414. The second-order valence-electron chi connectivity index (χ2n) is 4.93. The number of hydrogen-bond donors (Lipinski definition) is 1. The average Bonchev–Trinajstić information content (AvgIpc) is 2.14. The third-order valence-corrected chi connectivity index (χ3v) is 2.58. The van der Waals surface area contributed by atoms with Gasteiger partial charge in [0, 0.05) is 0 Å². The van der Waals surface area contributed by atoms with Crippen molar-refractivity contribution in [3.63, 3.8) is 0 Å². The fourth-order valence-electron chi connectivity index (χ4n) is 1.64. The van der Waals surface area contributed by atoms with Crippen LogP contribution >= 0.6 is 0 Å². The zero-order chi connectivity index (χ0) is 12.5. The molecule has 0 amide bonds. The summed E-state index contributed by atoms with van der Waals surface area (Å²) in [6.45, 7) is 8.03. The number of ether oxygens (including phenoxy) is 1. The summed E-state index contributed by atoms with van der Waals surface area (Å²) in [6.07, 6.45) is 0. The van der Waals surface area contributed by atoms with Gasteiger partial charge in [0.05, 0.1) is 7.11 Å². The van der Waals surface area contributed by atoms with E-state index >= 15 is 0 Å². The molecule has 0 spiro atoms. The van der Waals surface area contributed by atoms with Crippen molar-refractivity contribution in [2.24, 2.45) is 0 Å². The summed E-state index contributed by atoms with van der Waals surface area (Å²) in [5, 5.41) is 9.13. The van der Waals surface area contributed by atoms with E-state index < -0.39 is 5.97 Å². The maximum Gasteiger partial charge on any atom is 0.339 e. The van der Waals surface area contributed by atoms with Crippen LogP contribution in [0.25, 0.3) is 0 Å². The van der Waals surface area contributed by atoms with Gasteiger partial charge in [0.25, 0.3) is 0 Å². The molecule has 0 aromatic heterocycles. The lowest BCUT2D eigenvalue weighted by Gasteiger charge is -2.21. The van der Waals surface area contributed by atoms with Crippen molar-refractivity contribution in [3.8, 4) is 5.75 Å². The van der Waals surface area contributed by atoms with E-state index in [0.29, 0.717) is 5.75 Å². The third kappa shape index (κ3) is 2.35. The first-order valence-electron chi connectivity index (χ1n) is 5.19. The Morgan fingerprint density at radius 1 is 1.31 bits per heavy atom. The highest BCUT2D eigenvalue weighted by atomic mass is 16.5. The Balaban J connectivity index is 3.46. The summed E-state index contributed by atoms with van der Waals surface area (Å²) in [4.78, 5) is 11.1. The highest BCUT2D eigenvalue weighted by Crippen LogP contribution is 2.31. The third-order valence-electron chi connectivity index (χ3n) is 2.58. The van der Waals surface area contributed by atoms with E-state index in [4.69, 9.17) is 9.84 Å². The SMILES string of the molecule is COc1c(C)cc(C(C)(C)C)cc1C(=O)O. The van der Waals surface area contributed by atoms with Crippen LogP contribution in [-0.4, -0.2) is 18.2 Å². The lowest BCUT2D eigenvalue weighted by atomic mass is 9.85. The van der Waals surface area contributed by atoms with Gasteiger partial charge >= 0.3 is 5.97 Å². The van der Waals surface area contributed by atoms with Gasteiger partial charge in [-0.1, -0.05) is 26.8 Å². The fraction of sp³-hybridized carbons (Fsp3) is 0.462. The second-order valence-corrected chi connectivity index (χ2v) is 4.93. The zero-order valence-electron chi connectivity index (χ0n) is 10.4. The first-order valence-corrected chi connectivity index (χ1v) is 5.19. The van der Waals surface area contributed by atoms with Gasteiger partial charge in [0.2, 0.25) is 0 Å². The van der Waals surface area contributed by atoms with Crippen LogP contribution in [0.4, 0.5) is 0 Å². The Morgan fingerprint density at radius 3 is 2.25 bits per heavy atom. The van der Waals surface area contributed by atoms with Crippen LogP contribution in [0.3, 0.4) is 0 Å². The van der Waals surface area contributed by atoms with Crippen molar-refractivity contribution in [2.45, 2.75) is 33.1 Å². The van der Waals surface area contributed by atoms with Crippen LogP contribution in [0.1, 0.15) is 42.3 Å². The summed E-state index contributed by atoms with van der Waals surface area (Å²) in [5.74, 6) is -0.508. The van der Waals surface area contributed by atoms with E-state index in [1.807, 2.05) is 13.0 Å². The van der Waals surface area contributed by atoms with Gasteiger partial charge in [0.1, 0.15) is 11.3 Å². The van der Waals surface area contributed by atoms with Crippen molar-refractivity contribution in [2.75, 3.05) is 7.11 Å². The van der Waals surface area contributed by atoms with Gasteiger partial charge in [0.15, 0.2) is 0 Å². The maximum atomic E-state index is 11.1. The molecule has 0 saturated heterocycles. The van der Waals surface area contributed by atoms with Crippen molar-refractivity contribution < 1.29 is 14.6 Å². The number of aromatic carboxylic acids is 1. The summed E-state index contributed by atoms with van der Waals surface area (Å²) in [6, 6.07) is 3.67. The molecule has 88 valence electrons. The van der Waals surface area contributed by atoms with E-state index in [1.165, 1.54) is 7.11 Å². The highest BCUT2D eigenvalue weighted by Gasteiger charge is 2.20. The standard InChI is InChI=1S/C13H18O3/c1-8-6-9(13(2,3)4)7-10(12(14)15)11(8)16-5/h6-7H,1-5H3,(H,14,15). The van der Waals surface area contributed by atoms with Crippen molar-refractivity contribution in [3.05, 3.63) is 28.8 Å². The molecule has 0 aliphatic heterocycles. The molecule has 3 heteroatoms. The Kier molecular flexibility index (Phi) is 3.27. The first kappa shape index (κ1) is 12.6. The smallest absolute Gasteiger partial charge is 0.339 e. The molecule has 0 bridgehead atoms. The number of carboxylic acids is 1. The quantitative estimate of drug-likeness (QED) is 0.836. The normalized spacial score (nSPS) is 11.3. The van der Waals surface area contributed by atoms with Crippen LogP contribution in [0, 0.1) is 6.92 Å². The minimum Gasteiger partial charge on any atom is -0.496 e. The van der Waals surface area contributed by atoms with E-state index in [1.54, 1.807) is 6.07 Å². The molecule has 0 aliphatic rings. The molecule has 0 fully saturated rings. The van der Waals surface area contributed by atoms with Crippen LogP contribution in [0.5, 0.6) is 5.75 Å². The van der Waals surface area contributed by atoms with E-state index in [2.05, 4.69) is 20.8 Å². The number of methoxy groups -OCH3 is 1. The molecule has 1 aromatic carbocycles. The predicted molar refractivity (Wildman–Crippen MR) is 63.4 cm³/mol. The van der Waals surface area contributed by atoms with Crippen LogP contribution in [0.2, 0.25) is 0 Å². The first-order chi connectivity index (χ1) is 7.27. The summed E-state index contributed by atoms with van der Waals surface area (Å²) in [5.41, 5.74) is 2.02. The molecule has 1 N–H and O–H groups in total. The molecule has 0 heterocycles. The lowest BCUT2D eigenvalue weighted by molar-refractivity contribution is 0.0693. The van der Waals surface area contributed by atoms with E-state index in [9.17, 15) is 4.79 Å². The molecule has 0 saturated carbocycles. The number of rotatable bonds is 2. The number of aryl methyl sites for hydroxylation is 1. The fourth-order valence-corrected chi connectivity index (χ4v) is 1.64. The van der Waals surface area contributed by atoms with Gasteiger partial charge < -0.3 is 9.84 Å². The van der Waals surface area contributed by atoms with E-state index in [0.717, 1.165) is 11.1 Å². The zero-order valence-corrected chi connectivity index (χ0v) is 10.4. The Hall–Kier alpha value is -1.51. The largest absolute Gasteiger partial charge is 0.496 e. The molecule has 0 unspecified atom stereocenters. The Labute approximate surface area is 96.1 Å². The number of hydrogen-bond acceptors (Lipinski definition) is 2. The van der Waals surface area contributed by atoms with Crippen LogP contribution in [0.15, 0.2) is 12.1 Å². The molecular formula is C13H18O3. The van der Waals surface area contributed by atoms with Crippen molar-refractivity contribution >= 4 is 5.97 Å². The molecule has 16 heavy (non-hydrogen) atoms. The minimum absolute atomic E-state index is 0.0682. The molecule has 1 rings (SSSR count). The van der Waals surface area contributed by atoms with Crippen molar-refractivity contribution in [1.82, 2.24) is 0 Å². The van der Waals surface area contributed by atoms with E-state index in [-0.39, 0.29) is 11.0 Å². The lowest BCUT2D eigenvalue weighted by Crippen LogP contribution is -2.14. The average molecular weight is 222 g/mol. The van der Waals surface area contributed by atoms with Crippen LogP contribution < -0.4 is 4.74 Å². The predicted octanol–water partition coefficient (Wildman–Crippen LogP) is 3.00. The van der Waals surface area contributed by atoms with Gasteiger partial charge in [-0.05, 0) is 29.5 Å².